The first-order chi connectivity index (χ1) is 12.7. The molecule has 3 amide bonds. The number of rotatable bonds is 8. The van der Waals surface area contributed by atoms with Crippen LogP contribution in [0.4, 0.5) is 0 Å². The van der Waals surface area contributed by atoms with Crippen molar-refractivity contribution in [3.8, 4) is 0 Å². The van der Waals surface area contributed by atoms with Crippen LogP contribution in [0, 0.1) is 5.92 Å². The Bertz CT molecular complexity index is 752. The molecule has 3 N–H and O–H groups in total. The Balaban J connectivity index is 1.86. The summed E-state index contributed by atoms with van der Waals surface area (Å²) in [6.45, 7) is 6.90. The van der Waals surface area contributed by atoms with Crippen LogP contribution in [0.2, 0.25) is 0 Å². The number of nitrogens with zero attached hydrogens (tertiary/aromatic N) is 1. The van der Waals surface area contributed by atoms with Crippen LogP contribution in [-0.4, -0.2) is 52.8 Å². The van der Waals surface area contributed by atoms with Crippen LogP contribution >= 0.6 is 0 Å². The van der Waals surface area contributed by atoms with Crippen LogP contribution in [-0.2, 0) is 14.4 Å². The second kappa shape index (κ2) is 8.48. The molecule has 144 valence electrons. The van der Waals surface area contributed by atoms with Crippen LogP contribution in [0.1, 0.15) is 36.2 Å². The van der Waals surface area contributed by atoms with E-state index < -0.39 is 23.8 Å². The zero-order chi connectivity index (χ0) is 20.1. The molecule has 0 bridgehead atoms. The van der Waals surface area contributed by atoms with Crippen molar-refractivity contribution >= 4 is 29.4 Å². The van der Waals surface area contributed by atoms with E-state index in [1.165, 1.54) is 4.90 Å². The first-order valence-corrected chi connectivity index (χ1v) is 8.59. The molecule has 0 saturated carbocycles. The highest BCUT2D eigenvalue weighted by molar-refractivity contribution is 6.10. The molecule has 0 fully saturated rings. The lowest BCUT2D eigenvalue weighted by Crippen LogP contribution is -2.47. The number of hydrogen-bond donors (Lipinski definition) is 3. The van der Waals surface area contributed by atoms with Crippen molar-refractivity contribution in [3.63, 3.8) is 0 Å². The fourth-order valence-corrected chi connectivity index (χ4v) is 2.82. The minimum absolute atomic E-state index is 0.0924. The quantitative estimate of drug-likeness (QED) is 0.625. The van der Waals surface area contributed by atoms with Crippen LogP contribution in [0.5, 0.6) is 0 Å². The zero-order valence-electron chi connectivity index (χ0n) is 15.3. The lowest BCUT2D eigenvalue weighted by molar-refractivity contribution is -0.142. The van der Waals surface area contributed by atoms with Crippen LogP contribution in [0.3, 0.4) is 0 Å². The fourth-order valence-electron chi connectivity index (χ4n) is 2.82. The lowest BCUT2D eigenvalue weighted by atomic mass is 10.0. The van der Waals surface area contributed by atoms with Crippen molar-refractivity contribution in [2.45, 2.75) is 26.3 Å². The molecular formula is C19H23N3O5. The molecule has 1 atom stereocenters. The molecule has 0 spiro atoms. The Labute approximate surface area is 157 Å². The van der Waals surface area contributed by atoms with Crippen molar-refractivity contribution in [1.29, 1.82) is 0 Å². The fraction of sp³-hybridized carbons (Fsp3) is 0.368. The van der Waals surface area contributed by atoms with E-state index >= 15 is 0 Å². The number of carboxylic acid groups (broad SMARTS) is 1. The van der Waals surface area contributed by atoms with E-state index in [1.807, 2.05) is 13.8 Å². The summed E-state index contributed by atoms with van der Waals surface area (Å²) in [6.07, 6.45) is 0.287. The summed E-state index contributed by atoms with van der Waals surface area (Å²) in [6, 6.07) is 5.91. The van der Waals surface area contributed by atoms with E-state index in [0.717, 1.165) is 0 Å². The molecular weight excluding hydrogens is 350 g/mol. The summed E-state index contributed by atoms with van der Waals surface area (Å²) < 4.78 is 0. The van der Waals surface area contributed by atoms with E-state index in [9.17, 15) is 19.2 Å². The van der Waals surface area contributed by atoms with Crippen molar-refractivity contribution in [2.24, 2.45) is 5.92 Å². The predicted octanol–water partition coefficient (Wildman–Crippen LogP) is 0.845. The van der Waals surface area contributed by atoms with E-state index in [2.05, 4.69) is 17.2 Å². The Kier molecular flexibility index (Phi) is 6.33. The van der Waals surface area contributed by atoms with Gasteiger partial charge in [0.05, 0.1) is 6.54 Å². The van der Waals surface area contributed by atoms with Gasteiger partial charge >= 0.3 is 5.97 Å². The number of amides is 3. The van der Waals surface area contributed by atoms with E-state index in [4.69, 9.17) is 5.11 Å². The van der Waals surface area contributed by atoms with Crippen molar-refractivity contribution < 1.29 is 24.3 Å². The highest BCUT2D eigenvalue weighted by atomic mass is 16.4. The minimum atomic E-state index is -1.12. The van der Waals surface area contributed by atoms with Gasteiger partial charge in [0, 0.05) is 16.8 Å². The van der Waals surface area contributed by atoms with Gasteiger partial charge in [-0.15, -0.1) is 0 Å². The van der Waals surface area contributed by atoms with Gasteiger partial charge in [-0.1, -0.05) is 38.6 Å². The molecule has 0 aliphatic carbocycles. The second-order valence-corrected chi connectivity index (χ2v) is 6.75. The summed E-state index contributed by atoms with van der Waals surface area (Å²) >= 11 is 0. The summed E-state index contributed by atoms with van der Waals surface area (Å²) in [5, 5.41) is 13.9. The van der Waals surface area contributed by atoms with Crippen LogP contribution in [0.15, 0.2) is 30.8 Å². The molecule has 1 aliphatic rings. The molecule has 0 saturated heterocycles. The summed E-state index contributed by atoms with van der Waals surface area (Å²) in [5.41, 5.74) is 1.58. The zero-order valence-corrected chi connectivity index (χ0v) is 15.3. The van der Waals surface area contributed by atoms with Gasteiger partial charge in [0.1, 0.15) is 12.6 Å². The third-order valence-electron chi connectivity index (χ3n) is 4.13. The van der Waals surface area contributed by atoms with Gasteiger partial charge in [0.2, 0.25) is 11.8 Å². The number of hydrogen-bond acceptors (Lipinski definition) is 4. The van der Waals surface area contributed by atoms with Gasteiger partial charge in [0.15, 0.2) is 0 Å². The number of carboxylic acids is 1. The maximum Gasteiger partial charge on any atom is 0.326 e. The van der Waals surface area contributed by atoms with Gasteiger partial charge < -0.3 is 15.7 Å². The number of nitrogens with one attached hydrogen (secondary N) is 2. The molecule has 1 aromatic carbocycles. The SMILES string of the molecule is C=C1c2ccccc2C(=O)N1CC(=O)NCC(=O)N[C@@H](CC(C)C)C(=O)O. The molecule has 2 rings (SSSR count). The average Bonchev–Trinajstić information content (AvgIpc) is 2.84. The van der Waals surface area contributed by atoms with Gasteiger partial charge in [0.25, 0.3) is 5.91 Å². The first-order valence-electron chi connectivity index (χ1n) is 8.59. The molecule has 1 aliphatic heterocycles. The monoisotopic (exact) mass is 373 g/mol. The van der Waals surface area contributed by atoms with Crippen LogP contribution < -0.4 is 10.6 Å². The minimum Gasteiger partial charge on any atom is -0.480 e. The molecule has 0 unspecified atom stereocenters. The Morgan fingerprint density at radius 3 is 2.33 bits per heavy atom. The van der Waals surface area contributed by atoms with Crippen molar-refractivity contribution in [1.82, 2.24) is 15.5 Å². The summed E-state index contributed by atoms with van der Waals surface area (Å²) in [4.78, 5) is 48.8. The van der Waals surface area contributed by atoms with Gasteiger partial charge in [-0.25, -0.2) is 4.79 Å². The number of carbonyl (C=O) groups excluding carboxylic acids is 3. The highest BCUT2D eigenvalue weighted by Crippen LogP contribution is 2.30. The third kappa shape index (κ3) is 4.93. The van der Waals surface area contributed by atoms with Crippen molar-refractivity contribution in [3.05, 3.63) is 42.0 Å². The average molecular weight is 373 g/mol. The van der Waals surface area contributed by atoms with E-state index in [1.54, 1.807) is 24.3 Å². The second-order valence-electron chi connectivity index (χ2n) is 6.75. The number of aliphatic carboxylic acids is 1. The van der Waals surface area contributed by atoms with E-state index in [-0.39, 0.29) is 31.3 Å². The standard InChI is InChI=1S/C19H23N3O5/c1-11(2)8-15(19(26)27)21-16(23)9-20-17(24)10-22-12(3)13-6-4-5-7-14(13)18(22)25/h4-7,11,15H,3,8-10H2,1-2H3,(H,20,24)(H,21,23)(H,26,27)/t15-/m0/s1. The molecule has 8 heteroatoms. The summed E-state index contributed by atoms with van der Waals surface area (Å²) in [7, 11) is 0. The predicted molar refractivity (Wildman–Crippen MR) is 98.5 cm³/mol. The smallest absolute Gasteiger partial charge is 0.326 e. The van der Waals surface area contributed by atoms with Gasteiger partial charge in [-0.3, -0.25) is 19.3 Å². The topological polar surface area (TPSA) is 116 Å². The molecule has 0 radical (unpaired) electrons. The van der Waals surface area contributed by atoms with Gasteiger partial charge in [-0.05, 0) is 18.4 Å². The number of fused-ring (bicyclic) bond motifs is 1. The molecule has 1 heterocycles. The molecule has 27 heavy (non-hydrogen) atoms. The Hall–Kier alpha value is -3.16. The first kappa shape index (κ1) is 20.2. The number of benzene rings is 1. The number of carbonyl (C=O) groups is 4. The Morgan fingerprint density at radius 2 is 1.78 bits per heavy atom. The summed E-state index contributed by atoms with van der Waals surface area (Å²) in [5.74, 6) is -2.50. The van der Waals surface area contributed by atoms with Crippen molar-refractivity contribution in [2.75, 3.05) is 13.1 Å². The highest BCUT2D eigenvalue weighted by Gasteiger charge is 2.32. The lowest BCUT2D eigenvalue weighted by Gasteiger charge is -2.18. The molecule has 0 aromatic heterocycles. The largest absolute Gasteiger partial charge is 0.480 e. The molecule has 8 nitrogen and oxygen atoms in total. The van der Waals surface area contributed by atoms with E-state index in [0.29, 0.717) is 16.8 Å². The third-order valence-corrected chi connectivity index (χ3v) is 4.13. The van der Waals surface area contributed by atoms with Gasteiger partial charge in [-0.2, -0.15) is 0 Å². The maximum atomic E-state index is 12.3. The molecule has 1 aromatic rings. The van der Waals surface area contributed by atoms with Crippen LogP contribution in [0.25, 0.3) is 5.70 Å². The maximum absolute atomic E-state index is 12.3. The Morgan fingerprint density at radius 1 is 1.15 bits per heavy atom. The normalized spacial score (nSPS) is 14.1.